The molecule has 1 saturated carbocycles. The maximum Gasteiger partial charge on any atom is 0.410 e. The van der Waals surface area contributed by atoms with Crippen molar-refractivity contribution in [3.05, 3.63) is 60.8 Å². The standard InChI is InChI=1S/C30H41F4N7/c1-7-8-24(41-16-25(30(32,33)34)40-21(41)5)23-11-14-35-26(15-23)38-20(4)28(22-9-12-29(6,31)13-10-22)39-19(3)27-18(2)36-17-37-27/h11,14-15,22,24-25,28,39-40H,3-5,7-10,12-13,16-17H2,1-2,6H3,(H,35,38). The van der Waals surface area contributed by atoms with Gasteiger partial charge in [0.2, 0.25) is 0 Å². The van der Waals surface area contributed by atoms with Gasteiger partial charge in [-0.2, -0.15) is 13.2 Å². The second-order valence-corrected chi connectivity index (χ2v) is 11.5. The van der Waals surface area contributed by atoms with Crippen molar-refractivity contribution in [3.8, 4) is 0 Å². The average molecular weight is 576 g/mol. The Morgan fingerprint density at radius 3 is 2.54 bits per heavy atom. The van der Waals surface area contributed by atoms with E-state index in [1.165, 1.54) is 0 Å². The fourth-order valence-electron chi connectivity index (χ4n) is 5.91. The van der Waals surface area contributed by atoms with Crippen molar-refractivity contribution in [1.82, 2.24) is 20.5 Å². The minimum atomic E-state index is -4.36. The molecule has 224 valence electrons. The van der Waals surface area contributed by atoms with E-state index in [9.17, 15) is 17.6 Å². The van der Waals surface area contributed by atoms with Gasteiger partial charge in [0.25, 0.3) is 0 Å². The monoisotopic (exact) mass is 575 g/mol. The number of nitrogens with one attached hydrogen (secondary N) is 3. The Labute approximate surface area is 240 Å². The van der Waals surface area contributed by atoms with E-state index in [1.54, 1.807) is 18.0 Å². The lowest BCUT2D eigenvalue weighted by molar-refractivity contribution is -0.150. The highest BCUT2D eigenvalue weighted by atomic mass is 19.4. The summed E-state index contributed by atoms with van der Waals surface area (Å²) in [6.45, 7) is 18.1. The summed E-state index contributed by atoms with van der Waals surface area (Å²) in [7, 11) is 0. The number of anilines is 1. The fraction of sp³-hybridized carbons (Fsp3) is 0.567. The first-order chi connectivity index (χ1) is 19.3. The van der Waals surface area contributed by atoms with Gasteiger partial charge in [-0.1, -0.05) is 33.1 Å². The Bertz CT molecular complexity index is 1210. The molecule has 4 rings (SSSR count). The molecule has 3 heterocycles. The Hall–Kier alpha value is -3.37. The molecule has 3 unspecified atom stereocenters. The molecule has 2 aliphatic heterocycles. The third-order valence-electron chi connectivity index (χ3n) is 8.27. The number of aromatic nitrogens is 1. The maximum atomic E-state index is 14.6. The molecule has 1 saturated heterocycles. The van der Waals surface area contributed by atoms with Crippen molar-refractivity contribution in [1.29, 1.82) is 0 Å². The molecule has 11 heteroatoms. The Morgan fingerprint density at radius 1 is 1.24 bits per heavy atom. The second-order valence-electron chi connectivity index (χ2n) is 11.5. The number of aliphatic imine (C=N–C) groups is 2. The second kappa shape index (κ2) is 12.2. The van der Waals surface area contributed by atoms with Crippen LogP contribution in [0.2, 0.25) is 0 Å². The Balaban J connectivity index is 1.53. The lowest BCUT2D eigenvalue weighted by Crippen LogP contribution is -2.44. The summed E-state index contributed by atoms with van der Waals surface area (Å²) in [5.74, 6) is 0.887. The molecule has 0 aromatic carbocycles. The summed E-state index contributed by atoms with van der Waals surface area (Å²) >= 11 is 0. The lowest BCUT2D eigenvalue weighted by Gasteiger charge is -2.37. The van der Waals surface area contributed by atoms with Crippen molar-refractivity contribution < 1.29 is 17.6 Å². The number of pyridine rings is 1. The van der Waals surface area contributed by atoms with Gasteiger partial charge < -0.3 is 20.9 Å². The van der Waals surface area contributed by atoms with Crippen LogP contribution >= 0.6 is 0 Å². The van der Waals surface area contributed by atoms with Crippen molar-refractivity contribution in [2.75, 3.05) is 18.5 Å². The van der Waals surface area contributed by atoms with Gasteiger partial charge in [0, 0.05) is 18.4 Å². The van der Waals surface area contributed by atoms with E-state index < -0.39 is 17.9 Å². The van der Waals surface area contributed by atoms with E-state index in [0.717, 1.165) is 17.7 Å². The minimum absolute atomic E-state index is 0.101. The molecule has 0 bridgehead atoms. The van der Waals surface area contributed by atoms with Gasteiger partial charge in [0.05, 0.1) is 29.3 Å². The molecule has 3 aliphatic rings. The van der Waals surface area contributed by atoms with Gasteiger partial charge >= 0.3 is 6.18 Å². The zero-order chi connectivity index (χ0) is 29.9. The first-order valence-electron chi connectivity index (χ1n) is 14.2. The molecule has 0 radical (unpaired) electrons. The summed E-state index contributed by atoms with van der Waals surface area (Å²) < 4.78 is 55.0. The van der Waals surface area contributed by atoms with Crippen LogP contribution in [0.1, 0.15) is 70.9 Å². The lowest BCUT2D eigenvalue weighted by atomic mass is 9.77. The number of hydrogen-bond acceptors (Lipinski definition) is 7. The van der Waals surface area contributed by atoms with E-state index in [4.69, 9.17) is 0 Å². The highest BCUT2D eigenvalue weighted by Gasteiger charge is 2.46. The molecular weight excluding hydrogens is 534 g/mol. The van der Waals surface area contributed by atoms with Crippen molar-refractivity contribution in [2.45, 2.75) is 89.3 Å². The third kappa shape index (κ3) is 7.29. The normalized spacial score (nSPS) is 26.1. The first kappa shape index (κ1) is 30.6. The number of allylic oxidation sites excluding steroid dienone is 1. The number of rotatable bonds is 11. The Kier molecular flexibility index (Phi) is 9.13. The Morgan fingerprint density at radius 2 is 1.95 bits per heavy atom. The van der Waals surface area contributed by atoms with Crippen LogP contribution in [0.3, 0.4) is 0 Å². The summed E-state index contributed by atoms with van der Waals surface area (Å²) in [6.07, 6.45) is 0.961. The predicted octanol–water partition coefficient (Wildman–Crippen LogP) is 6.42. The molecule has 7 nitrogen and oxygen atoms in total. The van der Waals surface area contributed by atoms with Gasteiger partial charge in [-0.15, -0.1) is 0 Å². The predicted molar refractivity (Wildman–Crippen MR) is 156 cm³/mol. The van der Waals surface area contributed by atoms with Gasteiger partial charge in [0.1, 0.15) is 29.9 Å². The van der Waals surface area contributed by atoms with Crippen LogP contribution in [0.25, 0.3) is 0 Å². The smallest absolute Gasteiger partial charge is 0.375 e. The van der Waals surface area contributed by atoms with Crippen LogP contribution in [0, 0.1) is 5.92 Å². The van der Waals surface area contributed by atoms with Gasteiger partial charge in [-0.25, -0.2) is 9.37 Å². The number of alkyl halides is 4. The quantitative estimate of drug-likeness (QED) is 0.266. The molecule has 3 N–H and O–H groups in total. The SMILES string of the molecule is C=C(NC(C(=C)Nc1cc(C(CCC)N2CC(C(F)(F)F)NC2=C)ccn1)C1CCC(C)(F)CC1)C1=NCN=C1C. The minimum Gasteiger partial charge on any atom is -0.375 e. The molecule has 2 fully saturated rings. The van der Waals surface area contributed by atoms with Gasteiger partial charge in [-0.3, -0.25) is 9.98 Å². The fourth-order valence-corrected chi connectivity index (χ4v) is 5.91. The average Bonchev–Trinajstić information content (AvgIpc) is 3.51. The summed E-state index contributed by atoms with van der Waals surface area (Å²) in [4.78, 5) is 14.9. The van der Waals surface area contributed by atoms with Crippen molar-refractivity contribution in [2.24, 2.45) is 15.9 Å². The topological polar surface area (TPSA) is 76.9 Å². The third-order valence-corrected chi connectivity index (χ3v) is 8.27. The zero-order valence-electron chi connectivity index (χ0n) is 24.1. The molecule has 1 aliphatic carbocycles. The van der Waals surface area contributed by atoms with Crippen molar-refractivity contribution >= 4 is 17.2 Å². The highest BCUT2D eigenvalue weighted by Crippen LogP contribution is 2.38. The summed E-state index contributed by atoms with van der Waals surface area (Å²) in [5.41, 5.74) is 2.45. The van der Waals surface area contributed by atoms with Crippen LogP contribution < -0.4 is 16.0 Å². The van der Waals surface area contributed by atoms with Crippen LogP contribution in [-0.4, -0.2) is 58.4 Å². The van der Waals surface area contributed by atoms with E-state index in [2.05, 4.69) is 50.7 Å². The van der Waals surface area contributed by atoms with Crippen LogP contribution in [0.4, 0.5) is 23.4 Å². The molecule has 3 atom stereocenters. The van der Waals surface area contributed by atoms with Crippen LogP contribution in [-0.2, 0) is 0 Å². The van der Waals surface area contributed by atoms with Crippen LogP contribution in [0.5, 0.6) is 0 Å². The van der Waals surface area contributed by atoms with Crippen LogP contribution in [0.15, 0.2) is 65.3 Å². The number of nitrogens with zero attached hydrogens (tertiary/aromatic N) is 4. The highest BCUT2D eigenvalue weighted by molar-refractivity contribution is 6.48. The molecular formula is C30H41F4N7. The molecule has 0 amide bonds. The van der Waals surface area contributed by atoms with E-state index >= 15 is 0 Å². The molecule has 1 aromatic heterocycles. The molecule has 41 heavy (non-hydrogen) atoms. The van der Waals surface area contributed by atoms with E-state index in [-0.39, 0.29) is 30.4 Å². The van der Waals surface area contributed by atoms with Gasteiger partial charge in [-0.05, 0) is 69.6 Å². The first-order valence-corrected chi connectivity index (χ1v) is 14.2. The van der Waals surface area contributed by atoms with E-state index in [0.29, 0.717) is 61.7 Å². The molecule has 1 aromatic rings. The summed E-state index contributed by atoms with van der Waals surface area (Å²) in [5, 5.41) is 9.31. The van der Waals surface area contributed by atoms with Crippen molar-refractivity contribution in [3.63, 3.8) is 0 Å². The summed E-state index contributed by atoms with van der Waals surface area (Å²) in [6, 6.07) is 1.43. The maximum absolute atomic E-state index is 14.6. The van der Waals surface area contributed by atoms with Gasteiger partial charge in [0.15, 0.2) is 0 Å². The largest absolute Gasteiger partial charge is 0.410 e. The molecule has 0 spiro atoms. The zero-order valence-corrected chi connectivity index (χ0v) is 24.1. The van der Waals surface area contributed by atoms with E-state index in [1.807, 2.05) is 26.0 Å². The number of halogens is 4. The number of hydrogen-bond donors (Lipinski definition) is 3.